The van der Waals surface area contributed by atoms with E-state index in [0.717, 1.165) is 102 Å². The van der Waals surface area contributed by atoms with Gasteiger partial charge in [-0.15, -0.1) is 0 Å². The highest BCUT2D eigenvalue weighted by Gasteiger charge is 2.30. The van der Waals surface area contributed by atoms with Gasteiger partial charge in [-0.1, -0.05) is 318 Å². The summed E-state index contributed by atoms with van der Waals surface area (Å²) >= 11 is 0. The summed E-state index contributed by atoms with van der Waals surface area (Å²) in [6.45, 7) is 9.52. The van der Waals surface area contributed by atoms with Gasteiger partial charge in [-0.2, -0.15) is 0 Å². The van der Waals surface area contributed by atoms with Crippen molar-refractivity contribution in [2.24, 2.45) is 11.8 Å². The second-order valence-electron chi connectivity index (χ2n) is 26.7. The first kappa shape index (κ1) is 89.1. The van der Waals surface area contributed by atoms with Crippen LogP contribution in [0.5, 0.6) is 0 Å². The molecule has 6 atom stereocenters. The minimum atomic E-state index is -4.95. The first-order valence-corrected chi connectivity index (χ1v) is 40.5. The first-order chi connectivity index (χ1) is 43.9. The van der Waals surface area contributed by atoms with E-state index in [1.165, 1.54) is 186 Å². The summed E-state index contributed by atoms with van der Waals surface area (Å²) in [6, 6.07) is 0. The molecule has 0 aliphatic carbocycles. The van der Waals surface area contributed by atoms with Gasteiger partial charge in [0.05, 0.1) is 26.4 Å². The Balaban J connectivity index is 5.23. The largest absolute Gasteiger partial charge is 0.472 e. The van der Waals surface area contributed by atoms with Gasteiger partial charge in [0.25, 0.3) is 0 Å². The number of phosphoric ester groups is 2. The highest BCUT2D eigenvalue weighted by atomic mass is 31.2. The fourth-order valence-electron chi connectivity index (χ4n) is 10.9. The number of hydrogen-bond acceptors (Lipinski definition) is 15. The second-order valence-corrected chi connectivity index (χ2v) is 29.6. The lowest BCUT2D eigenvalue weighted by Crippen LogP contribution is -2.30. The van der Waals surface area contributed by atoms with Crippen LogP contribution in [0.1, 0.15) is 369 Å². The summed E-state index contributed by atoms with van der Waals surface area (Å²) in [4.78, 5) is 72.6. The number of rotatable bonds is 71. The van der Waals surface area contributed by atoms with Gasteiger partial charge in [0, 0.05) is 25.7 Å². The van der Waals surface area contributed by atoms with E-state index in [2.05, 4.69) is 41.5 Å². The molecule has 0 amide bonds. The summed E-state index contributed by atoms with van der Waals surface area (Å²) in [5.74, 6) is -0.627. The van der Waals surface area contributed by atoms with Crippen molar-refractivity contribution in [2.45, 2.75) is 387 Å². The molecule has 0 rings (SSSR count). The molecule has 3 N–H and O–H groups in total. The van der Waals surface area contributed by atoms with Crippen LogP contribution in [-0.2, 0) is 65.4 Å². The van der Waals surface area contributed by atoms with Gasteiger partial charge in [0.15, 0.2) is 12.2 Å². The number of unbranched alkanes of at least 4 members (excludes halogenated alkanes) is 40. The van der Waals surface area contributed by atoms with Gasteiger partial charge in [-0.3, -0.25) is 37.3 Å². The van der Waals surface area contributed by atoms with Crippen molar-refractivity contribution in [3.8, 4) is 0 Å². The molecule has 0 radical (unpaired) electrons. The summed E-state index contributed by atoms with van der Waals surface area (Å²) in [6.07, 6.45) is 49.9. The van der Waals surface area contributed by atoms with Crippen LogP contribution in [0, 0.1) is 11.8 Å². The SMILES string of the molecule is CCCCCCCCCCCCCCCCCCCCC(=O)O[C@H](COC(=O)CCCCCCCCCCC(C)CC)COP(=O)(O)OC[C@@H](O)COP(=O)(O)OC[C@@H](COC(=O)CCCCCCCCCCCC)OC(=O)CCCCCCCCCCC(C)C. The van der Waals surface area contributed by atoms with Gasteiger partial charge in [0.2, 0.25) is 0 Å². The highest BCUT2D eigenvalue weighted by molar-refractivity contribution is 7.47. The Bertz CT molecular complexity index is 1770. The quantitative estimate of drug-likeness (QED) is 0.0222. The van der Waals surface area contributed by atoms with Crippen LogP contribution in [0.4, 0.5) is 0 Å². The van der Waals surface area contributed by atoms with E-state index in [4.69, 9.17) is 37.0 Å². The number of aliphatic hydroxyl groups excluding tert-OH is 1. The highest BCUT2D eigenvalue weighted by Crippen LogP contribution is 2.45. The van der Waals surface area contributed by atoms with Crippen LogP contribution in [0.25, 0.3) is 0 Å². The molecule has 0 saturated carbocycles. The number of hydrogen-bond donors (Lipinski definition) is 3. The Morgan fingerprint density at radius 2 is 0.560 bits per heavy atom. The topological polar surface area (TPSA) is 237 Å². The summed E-state index contributed by atoms with van der Waals surface area (Å²) in [5.41, 5.74) is 0. The molecular formula is C72H140O17P2. The molecule has 0 aromatic heterocycles. The van der Waals surface area contributed by atoms with Crippen LogP contribution in [-0.4, -0.2) is 96.7 Å². The van der Waals surface area contributed by atoms with Crippen LogP contribution < -0.4 is 0 Å². The summed E-state index contributed by atoms with van der Waals surface area (Å²) < 4.78 is 68.3. The zero-order chi connectivity index (χ0) is 67.2. The minimum Gasteiger partial charge on any atom is -0.462 e. The van der Waals surface area contributed by atoms with Gasteiger partial charge in [0.1, 0.15) is 19.3 Å². The van der Waals surface area contributed by atoms with E-state index in [0.29, 0.717) is 25.7 Å². The molecule has 0 saturated heterocycles. The van der Waals surface area contributed by atoms with Crippen LogP contribution in [0.2, 0.25) is 0 Å². The van der Waals surface area contributed by atoms with Crippen molar-refractivity contribution in [3.63, 3.8) is 0 Å². The van der Waals surface area contributed by atoms with Crippen LogP contribution in [0.15, 0.2) is 0 Å². The average Bonchev–Trinajstić information content (AvgIpc) is 2.38. The normalized spacial score (nSPS) is 14.4. The van der Waals surface area contributed by atoms with E-state index in [1.807, 2.05) is 0 Å². The van der Waals surface area contributed by atoms with Gasteiger partial charge >= 0.3 is 39.5 Å². The second kappa shape index (κ2) is 64.1. The Hall–Kier alpha value is -1.94. The Morgan fingerprint density at radius 1 is 0.319 bits per heavy atom. The van der Waals surface area contributed by atoms with Crippen molar-refractivity contribution in [2.75, 3.05) is 39.6 Å². The van der Waals surface area contributed by atoms with Crippen molar-refractivity contribution in [1.82, 2.24) is 0 Å². The molecule has 0 spiro atoms. The predicted octanol–water partition coefficient (Wildman–Crippen LogP) is 20.8. The maximum atomic E-state index is 13.0. The minimum absolute atomic E-state index is 0.105. The van der Waals surface area contributed by atoms with Crippen molar-refractivity contribution >= 4 is 39.5 Å². The van der Waals surface area contributed by atoms with E-state index in [9.17, 15) is 43.2 Å². The average molecular weight is 1340 g/mol. The number of phosphoric acid groups is 2. The van der Waals surface area contributed by atoms with Gasteiger partial charge < -0.3 is 33.8 Å². The number of aliphatic hydroxyl groups is 1. The van der Waals surface area contributed by atoms with Gasteiger partial charge in [-0.05, 0) is 37.5 Å². The predicted molar refractivity (Wildman–Crippen MR) is 368 cm³/mol. The van der Waals surface area contributed by atoms with E-state index < -0.39 is 97.5 Å². The van der Waals surface area contributed by atoms with E-state index >= 15 is 0 Å². The molecule has 0 aromatic rings. The monoisotopic (exact) mass is 1340 g/mol. The van der Waals surface area contributed by atoms with Crippen LogP contribution in [0.3, 0.4) is 0 Å². The van der Waals surface area contributed by atoms with Crippen molar-refractivity contribution in [3.05, 3.63) is 0 Å². The number of esters is 4. The molecule has 3 unspecified atom stereocenters. The fourth-order valence-corrected chi connectivity index (χ4v) is 12.5. The molecule has 0 aromatic carbocycles. The zero-order valence-electron chi connectivity index (χ0n) is 59.1. The lowest BCUT2D eigenvalue weighted by atomic mass is 9.99. The Labute approximate surface area is 556 Å². The molecule has 540 valence electrons. The molecule has 0 bridgehead atoms. The maximum Gasteiger partial charge on any atom is 0.472 e. The Kier molecular flexibility index (Phi) is 62.7. The molecule has 19 heteroatoms. The summed E-state index contributed by atoms with van der Waals surface area (Å²) in [7, 11) is -9.90. The third kappa shape index (κ3) is 65.1. The lowest BCUT2D eigenvalue weighted by Gasteiger charge is -2.21. The molecule has 0 heterocycles. The smallest absolute Gasteiger partial charge is 0.462 e. The summed E-state index contributed by atoms with van der Waals surface area (Å²) in [5, 5.41) is 10.6. The third-order valence-corrected chi connectivity index (χ3v) is 19.0. The molecule has 0 aliphatic rings. The molecule has 91 heavy (non-hydrogen) atoms. The third-order valence-electron chi connectivity index (χ3n) is 17.1. The van der Waals surface area contributed by atoms with Crippen molar-refractivity contribution in [1.29, 1.82) is 0 Å². The molecular weight excluding hydrogens is 1200 g/mol. The maximum absolute atomic E-state index is 13.0. The number of ether oxygens (including phenoxy) is 4. The molecule has 17 nitrogen and oxygen atoms in total. The molecule has 0 fully saturated rings. The lowest BCUT2D eigenvalue weighted by molar-refractivity contribution is -0.161. The van der Waals surface area contributed by atoms with Gasteiger partial charge in [-0.25, -0.2) is 9.13 Å². The first-order valence-electron chi connectivity index (χ1n) is 37.5. The molecule has 0 aliphatic heterocycles. The zero-order valence-corrected chi connectivity index (χ0v) is 60.9. The fraction of sp³-hybridized carbons (Fsp3) is 0.944. The van der Waals surface area contributed by atoms with E-state index in [-0.39, 0.29) is 25.7 Å². The van der Waals surface area contributed by atoms with Crippen LogP contribution >= 0.6 is 15.6 Å². The Morgan fingerprint density at radius 3 is 0.835 bits per heavy atom. The van der Waals surface area contributed by atoms with E-state index in [1.54, 1.807) is 0 Å². The van der Waals surface area contributed by atoms with Crippen molar-refractivity contribution < 1.29 is 80.2 Å². The number of carbonyl (C=O) groups excluding carboxylic acids is 4. The number of carbonyl (C=O) groups is 4. The standard InChI is InChI=1S/C72H140O17P2/c1-7-10-12-14-16-18-20-21-22-23-24-25-26-27-29-38-44-50-56-71(76)88-67(61-83-70(75)55-49-43-37-33-31-35-41-47-53-65(6)9-3)62-86-90(78,79)84-58-66(73)59-85-91(80,81)87-63-68(60-82-69(74)54-48-42-36-28-19-17-15-13-11-8-2)89-72(77)57-51-45-39-32-30-34-40-46-52-64(4)5/h64-68,73H,7-63H2,1-6H3,(H,78,79)(H,80,81)/t65?,66-,67-,68-/m1/s1.